The lowest BCUT2D eigenvalue weighted by Gasteiger charge is -2.03. The van der Waals surface area contributed by atoms with Gasteiger partial charge in [0.1, 0.15) is 0 Å². The van der Waals surface area contributed by atoms with Crippen molar-refractivity contribution in [3.05, 3.63) is 34.3 Å². The molecule has 0 aliphatic rings. The number of nitrogens with two attached hydrogens (primary N) is 1. The van der Waals surface area contributed by atoms with Crippen molar-refractivity contribution < 1.29 is 8.42 Å². The maximum absolute atomic E-state index is 10.8. The van der Waals surface area contributed by atoms with Crippen LogP contribution in [0.4, 0.5) is 0 Å². The van der Waals surface area contributed by atoms with Gasteiger partial charge in [0.2, 0.25) is 10.0 Å². The van der Waals surface area contributed by atoms with Gasteiger partial charge in [-0.15, -0.1) is 0 Å². The molecular weight excluding hydrogens is 210 g/mol. The first kappa shape index (κ1) is 10.5. The average molecular weight is 220 g/mol. The molecule has 0 radical (unpaired) electrons. The number of primary sulfonamides is 1. The summed E-state index contributed by atoms with van der Waals surface area (Å²) in [7, 11) is -3.46. The molecule has 13 heavy (non-hydrogen) atoms. The van der Waals surface area contributed by atoms with E-state index in [2.05, 4.69) is 0 Å². The van der Waals surface area contributed by atoms with Gasteiger partial charge < -0.3 is 0 Å². The van der Waals surface area contributed by atoms with Crippen LogP contribution in [0, 0.1) is 6.92 Å². The maximum atomic E-state index is 10.8. The Balaban J connectivity index is 3.04. The normalized spacial score (nSPS) is 11.6. The lowest BCUT2D eigenvalue weighted by Crippen LogP contribution is -2.15. The fourth-order valence-corrected chi connectivity index (χ4v) is 2.02. The Morgan fingerprint density at radius 1 is 1.46 bits per heavy atom. The highest BCUT2D eigenvalue weighted by atomic mass is 35.5. The summed E-state index contributed by atoms with van der Waals surface area (Å²) in [6.07, 6.45) is 0. The van der Waals surface area contributed by atoms with Crippen LogP contribution in [0.5, 0.6) is 0 Å². The zero-order valence-electron chi connectivity index (χ0n) is 7.12. The predicted molar refractivity (Wildman–Crippen MR) is 53.0 cm³/mol. The molecule has 1 aromatic carbocycles. The molecule has 1 aromatic rings. The van der Waals surface area contributed by atoms with Crippen LogP contribution in [0.1, 0.15) is 11.1 Å². The van der Waals surface area contributed by atoms with Crippen molar-refractivity contribution in [1.82, 2.24) is 0 Å². The third-order valence-corrected chi connectivity index (χ3v) is 2.61. The molecule has 72 valence electrons. The summed E-state index contributed by atoms with van der Waals surface area (Å²) in [5, 5.41) is 5.51. The largest absolute Gasteiger partial charge is 0.228 e. The first-order valence-electron chi connectivity index (χ1n) is 3.64. The number of hydrogen-bond acceptors (Lipinski definition) is 2. The van der Waals surface area contributed by atoms with Gasteiger partial charge in [0.15, 0.2) is 0 Å². The van der Waals surface area contributed by atoms with E-state index >= 15 is 0 Å². The predicted octanol–water partition coefficient (Wildman–Crippen LogP) is 1.44. The van der Waals surface area contributed by atoms with Gasteiger partial charge in [-0.3, -0.25) is 0 Å². The van der Waals surface area contributed by atoms with Crippen LogP contribution < -0.4 is 5.14 Å². The van der Waals surface area contributed by atoms with E-state index in [0.29, 0.717) is 10.6 Å². The molecule has 2 N–H and O–H groups in total. The van der Waals surface area contributed by atoms with Crippen molar-refractivity contribution in [3.8, 4) is 0 Å². The molecule has 0 aliphatic heterocycles. The van der Waals surface area contributed by atoms with E-state index in [0.717, 1.165) is 5.56 Å². The third kappa shape index (κ3) is 3.34. The quantitative estimate of drug-likeness (QED) is 0.818. The second-order valence-corrected chi connectivity index (χ2v) is 4.93. The Bertz CT molecular complexity index is 414. The van der Waals surface area contributed by atoms with Gasteiger partial charge in [-0.2, -0.15) is 0 Å². The van der Waals surface area contributed by atoms with Crippen LogP contribution in [0.2, 0.25) is 5.02 Å². The van der Waals surface area contributed by atoms with Gasteiger partial charge in [-0.25, -0.2) is 13.6 Å². The molecule has 1 rings (SSSR count). The molecule has 0 atom stereocenters. The molecule has 0 amide bonds. The van der Waals surface area contributed by atoms with Crippen LogP contribution in [0.15, 0.2) is 18.2 Å². The van der Waals surface area contributed by atoms with E-state index in [1.54, 1.807) is 25.1 Å². The van der Waals surface area contributed by atoms with E-state index in [1.165, 1.54) is 0 Å². The zero-order chi connectivity index (χ0) is 10.1. The molecule has 0 bridgehead atoms. The van der Waals surface area contributed by atoms with Gasteiger partial charge in [0, 0.05) is 5.02 Å². The van der Waals surface area contributed by atoms with Gasteiger partial charge >= 0.3 is 0 Å². The monoisotopic (exact) mass is 219 g/mol. The van der Waals surface area contributed by atoms with Gasteiger partial charge in [0.05, 0.1) is 5.75 Å². The van der Waals surface area contributed by atoms with E-state index < -0.39 is 10.0 Å². The highest BCUT2D eigenvalue weighted by molar-refractivity contribution is 7.88. The summed E-state index contributed by atoms with van der Waals surface area (Å²) in [6, 6.07) is 5.03. The van der Waals surface area contributed by atoms with Gasteiger partial charge in [-0.1, -0.05) is 17.7 Å². The average Bonchev–Trinajstić information content (AvgIpc) is 1.93. The van der Waals surface area contributed by atoms with Crippen LogP contribution >= 0.6 is 11.6 Å². The number of aryl methyl sites for hydroxylation is 1. The summed E-state index contributed by atoms with van der Waals surface area (Å²) >= 11 is 5.71. The first-order valence-corrected chi connectivity index (χ1v) is 5.73. The Kier molecular flexibility index (Phi) is 2.95. The van der Waals surface area contributed by atoms with Crippen LogP contribution in [-0.2, 0) is 15.8 Å². The minimum absolute atomic E-state index is 0.143. The number of sulfonamides is 1. The molecule has 0 saturated heterocycles. The number of halogens is 1. The number of benzene rings is 1. The number of rotatable bonds is 2. The summed E-state index contributed by atoms with van der Waals surface area (Å²) in [5.74, 6) is -0.143. The standard InChI is InChI=1S/C8H10ClNO2S/c1-6-4-8(9)3-2-7(6)5-13(10,11)12/h2-4H,5H2,1H3,(H2,10,11,12). The lowest BCUT2D eigenvalue weighted by molar-refractivity contribution is 0.597. The Morgan fingerprint density at radius 2 is 2.08 bits per heavy atom. The van der Waals surface area contributed by atoms with E-state index in [9.17, 15) is 8.42 Å². The fraction of sp³-hybridized carbons (Fsp3) is 0.250. The second kappa shape index (κ2) is 3.65. The maximum Gasteiger partial charge on any atom is 0.213 e. The van der Waals surface area contributed by atoms with E-state index in [4.69, 9.17) is 16.7 Å². The van der Waals surface area contributed by atoms with Crippen molar-refractivity contribution >= 4 is 21.6 Å². The Hall–Kier alpha value is -0.580. The van der Waals surface area contributed by atoms with Crippen LogP contribution in [-0.4, -0.2) is 8.42 Å². The summed E-state index contributed by atoms with van der Waals surface area (Å²) < 4.78 is 21.6. The van der Waals surface area contributed by atoms with Gasteiger partial charge in [-0.05, 0) is 30.2 Å². The van der Waals surface area contributed by atoms with Crippen molar-refractivity contribution in [3.63, 3.8) is 0 Å². The van der Waals surface area contributed by atoms with Gasteiger partial charge in [0.25, 0.3) is 0 Å². The molecule has 0 spiro atoms. The summed E-state index contributed by atoms with van der Waals surface area (Å²) in [5.41, 5.74) is 1.52. The molecule has 0 heterocycles. The number of hydrogen-bond donors (Lipinski definition) is 1. The molecule has 0 aliphatic carbocycles. The molecule has 3 nitrogen and oxygen atoms in total. The van der Waals surface area contributed by atoms with E-state index in [1.807, 2.05) is 0 Å². The summed E-state index contributed by atoms with van der Waals surface area (Å²) in [6.45, 7) is 1.80. The SMILES string of the molecule is Cc1cc(Cl)ccc1CS(N)(=O)=O. The molecular formula is C8H10ClNO2S. The first-order chi connectivity index (χ1) is 5.88. The second-order valence-electron chi connectivity index (χ2n) is 2.88. The molecule has 0 aromatic heterocycles. The van der Waals surface area contributed by atoms with E-state index in [-0.39, 0.29) is 5.75 Å². The molecule has 0 unspecified atom stereocenters. The lowest BCUT2D eigenvalue weighted by atomic mass is 10.1. The highest BCUT2D eigenvalue weighted by Gasteiger charge is 2.07. The topological polar surface area (TPSA) is 60.2 Å². The smallest absolute Gasteiger partial charge is 0.213 e. The third-order valence-electron chi connectivity index (χ3n) is 1.66. The fourth-order valence-electron chi connectivity index (χ4n) is 1.04. The summed E-state index contributed by atoms with van der Waals surface area (Å²) in [4.78, 5) is 0. The Morgan fingerprint density at radius 3 is 2.54 bits per heavy atom. The highest BCUT2D eigenvalue weighted by Crippen LogP contribution is 2.16. The molecule has 0 saturated carbocycles. The van der Waals surface area contributed by atoms with Crippen molar-refractivity contribution in [2.75, 3.05) is 0 Å². The zero-order valence-corrected chi connectivity index (χ0v) is 8.69. The Labute approximate surface area is 82.6 Å². The van der Waals surface area contributed by atoms with Crippen molar-refractivity contribution in [2.24, 2.45) is 5.14 Å². The van der Waals surface area contributed by atoms with Crippen molar-refractivity contribution in [2.45, 2.75) is 12.7 Å². The van der Waals surface area contributed by atoms with Crippen LogP contribution in [0.25, 0.3) is 0 Å². The van der Waals surface area contributed by atoms with Crippen molar-refractivity contribution in [1.29, 1.82) is 0 Å². The van der Waals surface area contributed by atoms with Crippen LogP contribution in [0.3, 0.4) is 0 Å². The minimum Gasteiger partial charge on any atom is -0.228 e. The minimum atomic E-state index is -3.46. The molecule has 5 heteroatoms. The molecule has 0 fully saturated rings.